The summed E-state index contributed by atoms with van der Waals surface area (Å²) in [5.41, 5.74) is 0.577. The van der Waals surface area contributed by atoms with Crippen LogP contribution in [0.5, 0.6) is 0 Å². The lowest BCUT2D eigenvalue weighted by atomic mass is 9.86. The van der Waals surface area contributed by atoms with E-state index in [1.165, 1.54) is 0 Å². The van der Waals surface area contributed by atoms with Gasteiger partial charge in [-0.25, -0.2) is 0 Å². The van der Waals surface area contributed by atoms with Gasteiger partial charge in [0.25, 0.3) is 0 Å². The Morgan fingerprint density at radius 1 is 1.00 bits per heavy atom. The summed E-state index contributed by atoms with van der Waals surface area (Å²) in [4.78, 5) is 24.1. The van der Waals surface area contributed by atoms with Gasteiger partial charge in [0.15, 0.2) is 5.78 Å². The summed E-state index contributed by atoms with van der Waals surface area (Å²) in [6, 6.07) is 10.9. The van der Waals surface area contributed by atoms with Gasteiger partial charge in [-0.3, -0.25) is 9.59 Å². The number of Topliss-reactive ketones (excluding diaryl/α,β-unsaturated/α-hetero) is 1. The van der Waals surface area contributed by atoms with Gasteiger partial charge in [0, 0.05) is 21.9 Å². The molecule has 1 aliphatic carbocycles. The Balaban J connectivity index is 2.06. The van der Waals surface area contributed by atoms with Crippen LogP contribution in [0, 0.1) is 11.8 Å². The normalized spacial score (nSPS) is 21.6. The Kier molecular flexibility index (Phi) is 3.68. The first-order valence-electron chi connectivity index (χ1n) is 7.04. The van der Waals surface area contributed by atoms with Gasteiger partial charge in [-0.05, 0) is 30.4 Å². The molecule has 0 saturated heterocycles. The Labute approximate surface area is 127 Å². The van der Waals surface area contributed by atoms with E-state index in [0.717, 1.165) is 17.2 Å². The van der Waals surface area contributed by atoms with Crippen molar-refractivity contribution < 1.29 is 14.7 Å². The number of fused-ring (bicyclic) bond motifs is 1. The fraction of sp³-hybridized carbons (Fsp3) is 0.294. The van der Waals surface area contributed by atoms with Crippen molar-refractivity contribution in [2.45, 2.75) is 19.3 Å². The van der Waals surface area contributed by atoms with E-state index in [4.69, 9.17) is 11.6 Å². The fourth-order valence-corrected chi connectivity index (χ4v) is 3.47. The van der Waals surface area contributed by atoms with Crippen LogP contribution in [0.3, 0.4) is 0 Å². The molecule has 0 aliphatic heterocycles. The number of hydrogen-bond donors (Lipinski definition) is 1. The zero-order valence-corrected chi connectivity index (χ0v) is 12.1. The summed E-state index contributed by atoms with van der Waals surface area (Å²) in [5, 5.41) is 11.5. The van der Waals surface area contributed by atoms with E-state index in [-0.39, 0.29) is 5.78 Å². The highest BCUT2D eigenvalue weighted by Gasteiger charge is 2.38. The number of carboxylic acids is 1. The number of halogens is 1. The van der Waals surface area contributed by atoms with Crippen LogP contribution >= 0.6 is 11.6 Å². The van der Waals surface area contributed by atoms with Gasteiger partial charge in [-0.1, -0.05) is 42.3 Å². The standard InChI is InChI=1S/C17H15ClO3/c18-15-9-8-13(10-4-1-2-5-11(10)15)16(19)12-6-3-7-14(12)17(20)21/h1-2,4-5,8-9,12,14H,3,6-7H2,(H,20,21). The van der Waals surface area contributed by atoms with Crippen LogP contribution in [0.4, 0.5) is 0 Å². The second-order valence-electron chi connectivity index (χ2n) is 5.49. The molecule has 0 heterocycles. The molecule has 0 aromatic heterocycles. The molecule has 1 N–H and O–H groups in total. The molecule has 0 amide bonds. The molecule has 3 rings (SSSR count). The maximum atomic E-state index is 12.8. The zero-order chi connectivity index (χ0) is 15.0. The van der Waals surface area contributed by atoms with E-state index in [9.17, 15) is 14.7 Å². The van der Waals surface area contributed by atoms with E-state index in [1.54, 1.807) is 12.1 Å². The van der Waals surface area contributed by atoms with Crippen LogP contribution in [0.15, 0.2) is 36.4 Å². The number of benzene rings is 2. The second-order valence-corrected chi connectivity index (χ2v) is 5.89. The van der Waals surface area contributed by atoms with Crippen molar-refractivity contribution in [3.05, 3.63) is 47.0 Å². The molecule has 2 unspecified atom stereocenters. The number of carbonyl (C=O) groups is 2. The first-order valence-corrected chi connectivity index (χ1v) is 7.41. The van der Waals surface area contributed by atoms with Crippen molar-refractivity contribution in [1.29, 1.82) is 0 Å². The zero-order valence-electron chi connectivity index (χ0n) is 11.4. The van der Waals surface area contributed by atoms with Crippen LogP contribution in [-0.4, -0.2) is 16.9 Å². The second kappa shape index (κ2) is 5.49. The molecule has 1 saturated carbocycles. The van der Waals surface area contributed by atoms with Crippen LogP contribution in [0.25, 0.3) is 10.8 Å². The third kappa shape index (κ3) is 2.42. The van der Waals surface area contributed by atoms with Crippen molar-refractivity contribution in [3.63, 3.8) is 0 Å². The van der Waals surface area contributed by atoms with Gasteiger partial charge in [0.1, 0.15) is 0 Å². The molecule has 0 bridgehead atoms. The molecule has 3 nitrogen and oxygen atoms in total. The average Bonchev–Trinajstić information content (AvgIpc) is 2.97. The van der Waals surface area contributed by atoms with Crippen molar-refractivity contribution in [3.8, 4) is 0 Å². The van der Waals surface area contributed by atoms with Crippen molar-refractivity contribution >= 4 is 34.1 Å². The van der Waals surface area contributed by atoms with Gasteiger partial charge in [0.2, 0.25) is 0 Å². The van der Waals surface area contributed by atoms with Crippen molar-refractivity contribution in [1.82, 2.24) is 0 Å². The molecule has 1 fully saturated rings. The predicted molar refractivity (Wildman–Crippen MR) is 81.8 cm³/mol. The Morgan fingerprint density at radius 2 is 1.67 bits per heavy atom. The third-order valence-corrected chi connectivity index (χ3v) is 4.64. The number of carbonyl (C=O) groups excluding carboxylic acids is 1. The summed E-state index contributed by atoms with van der Waals surface area (Å²) >= 11 is 6.17. The maximum absolute atomic E-state index is 12.8. The number of hydrogen-bond acceptors (Lipinski definition) is 2. The topological polar surface area (TPSA) is 54.4 Å². The lowest BCUT2D eigenvalue weighted by Crippen LogP contribution is -2.25. The third-order valence-electron chi connectivity index (χ3n) is 4.31. The first-order chi connectivity index (χ1) is 10.1. The quantitative estimate of drug-likeness (QED) is 0.865. The molecule has 0 radical (unpaired) electrons. The van der Waals surface area contributed by atoms with E-state index in [2.05, 4.69) is 0 Å². The summed E-state index contributed by atoms with van der Waals surface area (Å²) < 4.78 is 0. The summed E-state index contributed by atoms with van der Waals surface area (Å²) in [6.07, 6.45) is 2.02. The van der Waals surface area contributed by atoms with E-state index >= 15 is 0 Å². The molecule has 2 aromatic rings. The molecule has 2 atom stereocenters. The van der Waals surface area contributed by atoms with Crippen molar-refractivity contribution in [2.24, 2.45) is 11.8 Å². The molecule has 1 aliphatic rings. The molecule has 108 valence electrons. The minimum atomic E-state index is -0.871. The Bertz CT molecular complexity index is 723. The lowest BCUT2D eigenvalue weighted by Gasteiger charge is -2.16. The molecule has 0 spiro atoms. The molecule has 21 heavy (non-hydrogen) atoms. The van der Waals surface area contributed by atoms with Crippen LogP contribution in [0.2, 0.25) is 5.02 Å². The van der Waals surface area contributed by atoms with Gasteiger partial charge >= 0.3 is 5.97 Å². The van der Waals surface area contributed by atoms with Crippen molar-refractivity contribution in [2.75, 3.05) is 0 Å². The predicted octanol–water partition coefficient (Wildman–Crippen LogP) is 4.18. The largest absolute Gasteiger partial charge is 0.481 e. The van der Waals surface area contributed by atoms with Crippen LogP contribution < -0.4 is 0 Å². The number of rotatable bonds is 3. The highest BCUT2D eigenvalue weighted by atomic mass is 35.5. The minimum Gasteiger partial charge on any atom is -0.481 e. The average molecular weight is 303 g/mol. The van der Waals surface area contributed by atoms with E-state index in [1.807, 2.05) is 24.3 Å². The number of aliphatic carboxylic acids is 1. The molecule has 4 heteroatoms. The number of carboxylic acid groups (broad SMARTS) is 1. The molecular weight excluding hydrogens is 288 g/mol. The summed E-state index contributed by atoms with van der Waals surface area (Å²) in [7, 11) is 0. The van der Waals surface area contributed by atoms with E-state index in [0.29, 0.717) is 23.4 Å². The first kappa shape index (κ1) is 14.1. The van der Waals surface area contributed by atoms with Crippen LogP contribution in [0.1, 0.15) is 29.6 Å². The highest BCUT2D eigenvalue weighted by molar-refractivity contribution is 6.36. The van der Waals surface area contributed by atoms with Crippen LogP contribution in [-0.2, 0) is 4.79 Å². The Morgan fingerprint density at radius 3 is 2.38 bits per heavy atom. The smallest absolute Gasteiger partial charge is 0.307 e. The van der Waals surface area contributed by atoms with E-state index < -0.39 is 17.8 Å². The minimum absolute atomic E-state index is 0.0761. The maximum Gasteiger partial charge on any atom is 0.307 e. The SMILES string of the molecule is O=C(O)C1CCCC1C(=O)c1ccc(Cl)c2ccccc12. The summed E-state index contributed by atoms with van der Waals surface area (Å²) in [5.74, 6) is -1.93. The van der Waals surface area contributed by atoms with Gasteiger partial charge < -0.3 is 5.11 Å². The van der Waals surface area contributed by atoms with Gasteiger partial charge in [-0.2, -0.15) is 0 Å². The lowest BCUT2D eigenvalue weighted by molar-refractivity contribution is -0.142. The monoisotopic (exact) mass is 302 g/mol. The summed E-state index contributed by atoms with van der Waals surface area (Å²) in [6.45, 7) is 0. The molecular formula is C17H15ClO3. The highest BCUT2D eigenvalue weighted by Crippen LogP contribution is 2.36. The number of ketones is 1. The Hall–Kier alpha value is -1.87. The molecule has 2 aromatic carbocycles. The van der Waals surface area contributed by atoms with Gasteiger partial charge in [-0.15, -0.1) is 0 Å². The fourth-order valence-electron chi connectivity index (χ4n) is 3.25. The van der Waals surface area contributed by atoms with Gasteiger partial charge in [0.05, 0.1) is 5.92 Å².